The third-order valence-corrected chi connectivity index (χ3v) is 2.41. The molecular formula is C9H19N3O. The van der Waals surface area contributed by atoms with Gasteiger partial charge in [-0.2, -0.15) is 0 Å². The second kappa shape index (κ2) is 5.07. The number of hydrogen-bond donors (Lipinski definition) is 1. The maximum Gasteiger partial charge on any atom is 0.317 e. The summed E-state index contributed by atoms with van der Waals surface area (Å²) in [5, 5.41) is 2.65. The Bertz CT molecular complexity index is 164. The van der Waals surface area contributed by atoms with Gasteiger partial charge >= 0.3 is 6.03 Å². The SMILES string of the molecule is CCCN1CCN(C(=O)NC)CC1. The Morgan fingerprint density at radius 2 is 1.92 bits per heavy atom. The van der Waals surface area contributed by atoms with E-state index in [2.05, 4.69) is 17.1 Å². The van der Waals surface area contributed by atoms with Crippen LogP contribution in [0.25, 0.3) is 0 Å². The van der Waals surface area contributed by atoms with Crippen LogP contribution in [-0.4, -0.2) is 55.6 Å². The average molecular weight is 185 g/mol. The van der Waals surface area contributed by atoms with Gasteiger partial charge in [0, 0.05) is 33.2 Å². The summed E-state index contributed by atoms with van der Waals surface area (Å²) in [6.45, 7) is 7.09. The number of urea groups is 1. The lowest BCUT2D eigenvalue weighted by molar-refractivity contribution is 0.140. The summed E-state index contributed by atoms with van der Waals surface area (Å²) >= 11 is 0. The standard InChI is InChI=1S/C9H19N3O/c1-3-4-11-5-7-12(8-6-11)9(13)10-2/h3-8H2,1-2H3,(H,10,13). The van der Waals surface area contributed by atoms with Crippen LogP contribution in [0.15, 0.2) is 0 Å². The van der Waals surface area contributed by atoms with E-state index in [1.54, 1.807) is 7.05 Å². The second-order valence-corrected chi connectivity index (χ2v) is 3.38. The first-order chi connectivity index (χ1) is 6.27. The van der Waals surface area contributed by atoms with Gasteiger partial charge in [-0.25, -0.2) is 4.79 Å². The third-order valence-electron chi connectivity index (χ3n) is 2.41. The molecule has 1 rings (SSSR count). The van der Waals surface area contributed by atoms with Crippen LogP contribution in [0.4, 0.5) is 4.79 Å². The van der Waals surface area contributed by atoms with Gasteiger partial charge < -0.3 is 10.2 Å². The molecule has 1 fully saturated rings. The van der Waals surface area contributed by atoms with Crippen molar-refractivity contribution in [1.82, 2.24) is 15.1 Å². The molecule has 0 atom stereocenters. The number of amides is 2. The van der Waals surface area contributed by atoms with E-state index < -0.39 is 0 Å². The molecule has 0 aromatic carbocycles. The molecule has 0 radical (unpaired) electrons. The lowest BCUT2D eigenvalue weighted by atomic mass is 10.3. The van der Waals surface area contributed by atoms with Crippen molar-refractivity contribution < 1.29 is 4.79 Å². The van der Waals surface area contributed by atoms with Crippen molar-refractivity contribution in [2.45, 2.75) is 13.3 Å². The largest absolute Gasteiger partial charge is 0.341 e. The molecule has 1 saturated heterocycles. The molecule has 0 aromatic rings. The van der Waals surface area contributed by atoms with Gasteiger partial charge in [-0.05, 0) is 13.0 Å². The fourth-order valence-electron chi connectivity index (χ4n) is 1.65. The van der Waals surface area contributed by atoms with Crippen molar-refractivity contribution in [3.63, 3.8) is 0 Å². The highest BCUT2D eigenvalue weighted by Crippen LogP contribution is 2.01. The Balaban J connectivity index is 2.26. The van der Waals surface area contributed by atoms with Gasteiger partial charge in [0.2, 0.25) is 0 Å². The Morgan fingerprint density at radius 3 is 2.38 bits per heavy atom. The topological polar surface area (TPSA) is 35.6 Å². The van der Waals surface area contributed by atoms with Crippen LogP contribution in [-0.2, 0) is 0 Å². The van der Waals surface area contributed by atoms with Crippen LogP contribution in [0.5, 0.6) is 0 Å². The minimum Gasteiger partial charge on any atom is -0.341 e. The van der Waals surface area contributed by atoms with Crippen molar-refractivity contribution in [1.29, 1.82) is 0 Å². The highest BCUT2D eigenvalue weighted by molar-refractivity contribution is 5.73. The van der Waals surface area contributed by atoms with E-state index in [9.17, 15) is 4.79 Å². The molecule has 76 valence electrons. The predicted molar refractivity (Wildman–Crippen MR) is 52.8 cm³/mol. The lowest BCUT2D eigenvalue weighted by Crippen LogP contribution is -2.51. The van der Waals surface area contributed by atoms with Crippen molar-refractivity contribution in [3.05, 3.63) is 0 Å². The summed E-state index contributed by atoms with van der Waals surface area (Å²) < 4.78 is 0. The first kappa shape index (κ1) is 10.3. The van der Waals surface area contributed by atoms with E-state index in [-0.39, 0.29) is 6.03 Å². The zero-order chi connectivity index (χ0) is 9.68. The van der Waals surface area contributed by atoms with Gasteiger partial charge in [0.15, 0.2) is 0 Å². The summed E-state index contributed by atoms with van der Waals surface area (Å²) in [5.74, 6) is 0. The number of nitrogens with one attached hydrogen (secondary N) is 1. The van der Waals surface area contributed by atoms with E-state index in [0.29, 0.717) is 0 Å². The maximum atomic E-state index is 11.2. The molecule has 2 amide bonds. The number of carbonyl (C=O) groups is 1. The van der Waals surface area contributed by atoms with E-state index >= 15 is 0 Å². The van der Waals surface area contributed by atoms with E-state index in [1.165, 1.54) is 6.42 Å². The number of carbonyl (C=O) groups excluding carboxylic acids is 1. The van der Waals surface area contributed by atoms with Crippen LogP contribution in [0.1, 0.15) is 13.3 Å². The fourth-order valence-corrected chi connectivity index (χ4v) is 1.65. The second-order valence-electron chi connectivity index (χ2n) is 3.38. The van der Waals surface area contributed by atoms with Crippen LogP contribution in [0, 0.1) is 0 Å². The molecule has 4 nitrogen and oxygen atoms in total. The Kier molecular flexibility index (Phi) is 4.02. The van der Waals surface area contributed by atoms with Gasteiger partial charge in [-0.3, -0.25) is 4.90 Å². The first-order valence-corrected chi connectivity index (χ1v) is 4.97. The number of nitrogens with zero attached hydrogens (tertiary/aromatic N) is 2. The molecule has 0 saturated carbocycles. The molecular weight excluding hydrogens is 166 g/mol. The fraction of sp³-hybridized carbons (Fsp3) is 0.889. The average Bonchev–Trinajstić information content (AvgIpc) is 2.18. The molecule has 1 aliphatic heterocycles. The minimum atomic E-state index is 0.0520. The van der Waals surface area contributed by atoms with Gasteiger partial charge in [-0.1, -0.05) is 6.92 Å². The molecule has 0 unspecified atom stereocenters. The molecule has 13 heavy (non-hydrogen) atoms. The summed E-state index contributed by atoms with van der Waals surface area (Å²) in [4.78, 5) is 15.5. The lowest BCUT2D eigenvalue weighted by Gasteiger charge is -2.34. The van der Waals surface area contributed by atoms with Crippen LogP contribution < -0.4 is 5.32 Å². The Morgan fingerprint density at radius 1 is 1.31 bits per heavy atom. The summed E-state index contributed by atoms with van der Waals surface area (Å²) in [7, 11) is 1.68. The van der Waals surface area contributed by atoms with Crippen molar-refractivity contribution >= 4 is 6.03 Å². The third kappa shape index (κ3) is 2.88. The number of piperazine rings is 1. The van der Waals surface area contributed by atoms with Crippen LogP contribution in [0.2, 0.25) is 0 Å². The van der Waals surface area contributed by atoms with Gasteiger partial charge in [0.25, 0.3) is 0 Å². The molecule has 4 heteroatoms. The quantitative estimate of drug-likeness (QED) is 0.674. The zero-order valence-electron chi connectivity index (χ0n) is 8.55. The molecule has 0 aromatic heterocycles. The monoisotopic (exact) mass is 185 g/mol. The molecule has 1 N–H and O–H groups in total. The Hall–Kier alpha value is -0.770. The summed E-state index contributed by atoms with van der Waals surface area (Å²) in [6, 6.07) is 0.0520. The smallest absolute Gasteiger partial charge is 0.317 e. The van der Waals surface area contributed by atoms with Crippen LogP contribution in [0.3, 0.4) is 0 Å². The van der Waals surface area contributed by atoms with Crippen molar-refractivity contribution in [3.8, 4) is 0 Å². The summed E-state index contributed by atoms with van der Waals surface area (Å²) in [5.41, 5.74) is 0. The van der Waals surface area contributed by atoms with E-state index in [0.717, 1.165) is 32.7 Å². The zero-order valence-corrected chi connectivity index (χ0v) is 8.55. The molecule has 0 bridgehead atoms. The molecule has 0 spiro atoms. The number of rotatable bonds is 2. The highest BCUT2D eigenvalue weighted by Gasteiger charge is 2.18. The predicted octanol–water partition coefficient (Wildman–Crippen LogP) is 0.353. The van der Waals surface area contributed by atoms with Gasteiger partial charge in [-0.15, -0.1) is 0 Å². The summed E-state index contributed by atoms with van der Waals surface area (Å²) in [6.07, 6.45) is 1.19. The highest BCUT2D eigenvalue weighted by atomic mass is 16.2. The van der Waals surface area contributed by atoms with Crippen molar-refractivity contribution in [2.24, 2.45) is 0 Å². The Labute approximate surface area is 79.9 Å². The van der Waals surface area contributed by atoms with Gasteiger partial charge in [0.05, 0.1) is 0 Å². The molecule has 0 aliphatic carbocycles. The maximum absolute atomic E-state index is 11.2. The van der Waals surface area contributed by atoms with E-state index in [4.69, 9.17) is 0 Å². The van der Waals surface area contributed by atoms with Gasteiger partial charge in [0.1, 0.15) is 0 Å². The minimum absolute atomic E-state index is 0.0520. The first-order valence-electron chi connectivity index (χ1n) is 4.97. The number of hydrogen-bond acceptors (Lipinski definition) is 2. The van der Waals surface area contributed by atoms with E-state index in [1.807, 2.05) is 4.90 Å². The molecule has 1 aliphatic rings. The van der Waals surface area contributed by atoms with Crippen molar-refractivity contribution in [2.75, 3.05) is 39.8 Å². The molecule has 1 heterocycles. The normalized spacial score (nSPS) is 18.8. The van der Waals surface area contributed by atoms with Crippen LogP contribution >= 0.6 is 0 Å².